The molecule has 0 aliphatic carbocycles. The maximum atomic E-state index is 12.5. The van der Waals surface area contributed by atoms with Crippen LogP contribution in [0.3, 0.4) is 0 Å². The maximum absolute atomic E-state index is 12.5. The van der Waals surface area contributed by atoms with Crippen LogP contribution in [0.25, 0.3) is 10.8 Å². The van der Waals surface area contributed by atoms with Crippen LogP contribution in [0, 0.1) is 0 Å². The Hall–Kier alpha value is -4.26. The minimum atomic E-state index is -0.526. The SMILES string of the molecule is O=C(N/N=C/c1ccccc1OCc1ccccc1)c1n[nH]c(=O)c2ccccc12. The van der Waals surface area contributed by atoms with Gasteiger partial charge >= 0.3 is 0 Å². The number of benzene rings is 3. The Morgan fingerprint density at radius 1 is 0.967 bits per heavy atom. The second kappa shape index (κ2) is 8.83. The first-order valence-corrected chi connectivity index (χ1v) is 9.29. The highest BCUT2D eigenvalue weighted by atomic mass is 16.5. The van der Waals surface area contributed by atoms with Gasteiger partial charge in [-0.2, -0.15) is 10.2 Å². The Bertz CT molecular complexity index is 1270. The van der Waals surface area contributed by atoms with Gasteiger partial charge in [-0.1, -0.05) is 60.7 Å². The van der Waals surface area contributed by atoms with Gasteiger partial charge in [0.1, 0.15) is 12.4 Å². The molecule has 0 unspecified atom stereocenters. The number of hydrogen-bond donors (Lipinski definition) is 2. The average Bonchev–Trinajstić information content (AvgIpc) is 2.79. The molecule has 0 atom stereocenters. The summed E-state index contributed by atoms with van der Waals surface area (Å²) in [6, 6.07) is 24.0. The molecule has 1 amide bonds. The van der Waals surface area contributed by atoms with Gasteiger partial charge < -0.3 is 4.74 Å². The largest absolute Gasteiger partial charge is 0.488 e. The molecule has 7 nitrogen and oxygen atoms in total. The molecule has 2 N–H and O–H groups in total. The number of ether oxygens (including phenoxy) is 1. The molecule has 1 aromatic heterocycles. The van der Waals surface area contributed by atoms with E-state index in [1.54, 1.807) is 24.3 Å². The summed E-state index contributed by atoms with van der Waals surface area (Å²) in [5.41, 5.74) is 3.96. The lowest BCUT2D eigenvalue weighted by Crippen LogP contribution is -2.22. The van der Waals surface area contributed by atoms with E-state index in [9.17, 15) is 9.59 Å². The van der Waals surface area contributed by atoms with Crippen molar-refractivity contribution in [2.45, 2.75) is 6.61 Å². The van der Waals surface area contributed by atoms with Crippen molar-refractivity contribution >= 4 is 22.9 Å². The van der Waals surface area contributed by atoms with E-state index in [0.717, 1.165) is 5.56 Å². The number of nitrogens with zero attached hydrogens (tertiary/aromatic N) is 2. The number of aromatic nitrogens is 2. The van der Waals surface area contributed by atoms with E-state index in [4.69, 9.17) is 4.74 Å². The van der Waals surface area contributed by atoms with Crippen LogP contribution in [0.1, 0.15) is 21.6 Å². The standard InChI is InChI=1S/C23H18N4O3/c28-22-19-12-6-5-11-18(19)21(25-27-22)23(29)26-24-14-17-10-4-7-13-20(17)30-15-16-8-2-1-3-9-16/h1-14H,15H2,(H,26,29)(H,27,28)/b24-14+. The van der Waals surface area contributed by atoms with Crippen molar-refractivity contribution in [2.75, 3.05) is 0 Å². The van der Waals surface area contributed by atoms with Crippen molar-refractivity contribution in [2.24, 2.45) is 5.10 Å². The number of amides is 1. The fourth-order valence-electron chi connectivity index (χ4n) is 2.96. The van der Waals surface area contributed by atoms with Crippen LogP contribution < -0.4 is 15.7 Å². The van der Waals surface area contributed by atoms with Gasteiger partial charge in [-0.05, 0) is 23.8 Å². The second-order valence-corrected chi connectivity index (χ2v) is 6.46. The Morgan fingerprint density at radius 2 is 1.67 bits per heavy atom. The number of hydrazone groups is 1. The maximum Gasteiger partial charge on any atom is 0.292 e. The molecule has 30 heavy (non-hydrogen) atoms. The zero-order valence-electron chi connectivity index (χ0n) is 15.9. The summed E-state index contributed by atoms with van der Waals surface area (Å²) >= 11 is 0. The van der Waals surface area contributed by atoms with Gasteiger partial charge in [-0.3, -0.25) is 9.59 Å². The third-order valence-corrected chi connectivity index (χ3v) is 4.44. The first kappa shape index (κ1) is 19.1. The summed E-state index contributed by atoms with van der Waals surface area (Å²) in [6.07, 6.45) is 1.51. The number of rotatable bonds is 6. The Labute approximate surface area is 172 Å². The molecule has 0 saturated carbocycles. The Balaban J connectivity index is 1.48. The molecular formula is C23H18N4O3. The Kier molecular flexibility index (Phi) is 5.61. The van der Waals surface area contributed by atoms with Crippen LogP contribution in [-0.2, 0) is 6.61 Å². The summed E-state index contributed by atoms with van der Waals surface area (Å²) in [6.45, 7) is 0.422. The van der Waals surface area contributed by atoms with Crippen LogP contribution in [0.5, 0.6) is 5.75 Å². The lowest BCUT2D eigenvalue weighted by Gasteiger charge is -2.09. The number of para-hydroxylation sites is 1. The minimum Gasteiger partial charge on any atom is -0.488 e. The summed E-state index contributed by atoms with van der Waals surface area (Å²) in [5, 5.41) is 11.1. The zero-order valence-corrected chi connectivity index (χ0v) is 15.9. The number of carbonyl (C=O) groups is 1. The fraction of sp³-hybridized carbons (Fsp3) is 0.0435. The van der Waals surface area contributed by atoms with E-state index in [1.165, 1.54) is 6.21 Å². The molecule has 7 heteroatoms. The van der Waals surface area contributed by atoms with Crippen molar-refractivity contribution in [1.29, 1.82) is 0 Å². The summed E-state index contributed by atoms with van der Waals surface area (Å²) in [5.74, 6) is 0.119. The van der Waals surface area contributed by atoms with Crippen molar-refractivity contribution in [1.82, 2.24) is 15.6 Å². The smallest absolute Gasteiger partial charge is 0.292 e. The summed E-state index contributed by atoms with van der Waals surface area (Å²) in [7, 11) is 0. The van der Waals surface area contributed by atoms with Gasteiger partial charge in [-0.25, -0.2) is 10.5 Å². The molecular weight excluding hydrogens is 380 g/mol. The van der Waals surface area contributed by atoms with E-state index in [1.807, 2.05) is 54.6 Å². The normalized spacial score (nSPS) is 10.9. The van der Waals surface area contributed by atoms with Gasteiger partial charge in [0, 0.05) is 10.9 Å². The van der Waals surface area contributed by atoms with Crippen LogP contribution in [-0.4, -0.2) is 22.3 Å². The monoisotopic (exact) mass is 398 g/mol. The summed E-state index contributed by atoms with van der Waals surface area (Å²) in [4.78, 5) is 24.4. The zero-order chi connectivity index (χ0) is 20.8. The highest BCUT2D eigenvalue weighted by Gasteiger charge is 2.13. The highest BCUT2D eigenvalue weighted by molar-refractivity contribution is 6.04. The van der Waals surface area contributed by atoms with Gasteiger partial charge in [0.25, 0.3) is 11.5 Å². The van der Waals surface area contributed by atoms with Gasteiger partial charge in [0.05, 0.1) is 11.6 Å². The van der Waals surface area contributed by atoms with E-state index in [0.29, 0.717) is 28.7 Å². The molecule has 148 valence electrons. The van der Waals surface area contributed by atoms with Crippen molar-refractivity contribution < 1.29 is 9.53 Å². The quantitative estimate of drug-likeness (QED) is 0.385. The van der Waals surface area contributed by atoms with Crippen LogP contribution in [0.4, 0.5) is 0 Å². The molecule has 0 fully saturated rings. The lowest BCUT2D eigenvalue weighted by molar-refractivity contribution is 0.0951. The number of aromatic amines is 1. The third kappa shape index (κ3) is 4.25. The molecule has 4 aromatic rings. The fourth-order valence-corrected chi connectivity index (χ4v) is 2.96. The molecule has 1 heterocycles. The van der Waals surface area contributed by atoms with Gasteiger partial charge in [-0.15, -0.1) is 0 Å². The number of fused-ring (bicyclic) bond motifs is 1. The van der Waals surface area contributed by atoms with Gasteiger partial charge in [0.15, 0.2) is 5.69 Å². The second-order valence-electron chi connectivity index (χ2n) is 6.46. The molecule has 0 bridgehead atoms. The van der Waals surface area contributed by atoms with E-state index >= 15 is 0 Å². The summed E-state index contributed by atoms with van der Waals surface area (Å²) < 4.78 is 5.88. The number of H-pyrrole nitrogens is 1. The van der Waals surface area contributed by atoms with Crippen LogP contribution in [0.2, 0.25) is 0 Å². The van der Waals surface area contributed by atoms with Gasteiger partial charge in [0.2, 0.25) is 0 Å². The van der Waals surface area contributed by atoms with Crippen LogP contribution >= 0.6 is 0 Å². The molecule has 3 aromatic carbocycles. The minimum absolute atomic E-state index is 0.0935. The average molecular weight is 398 g/mol. The molecule has 4 rings (SSSR count). The Morgan fingerprint density at radius 3 is 2.50 bits per heavy atom. The predicted molar refractivity (Wildman–Crippen MR) is 115 cm³/mol. The third-order valence-electron chi connectivity index (χ3n) is 4.44. The molecule has 0 spiro atoms. The number of carbonyl (C=O) groups excluding carboxylic acids is 1. The van der Waals surface area contributed by atoms with Crippen molar-refractivity contribution in [3.05, 3.63) is 106 Å². The molecule has 0 saturated heterocycles. The van der Waals surface area contributed by atoms with E-state index < -0.39 is 5.91 Å². The van der Waals surface area contributed by atoms with Crippen LogP contribution in [0.15, 0.2) is 88.8 Å². The molecule has 0 radical (unpaired) electrons. The first-order chi connectivity index (χ1) is 14.7. The lowest BCUT2D eigenvalue weighted by atomic mass is 10.1. The number of hydrogen-bond acceptors (Lipinski definition) is 5. The topological polar surface area (TPSA) is 96.4 Å². The van der Waals surface area contributed by atoms with E-state index in [2.05, 4.69) is 20.7 Å². The first-order valence-electron chi connectivity index (χ1n) is 9.29. The van der Waals surface area contributed by atoms with Crippen molar-refractivity contribution in [3.63, 3.8) is 0 Å². The predicted octanol–water partition coefficient (Wildman–Crippen LogP) is 3.27. The van der Waals surface area contributed by atoms with E-state index in [-0.39, 0.29) is 11.3 Å². The molecule has 0 aliphatic heterocycles. The molecule has 0 aliphatic rings. The highest BCUT2D eigenvalue weighted by Crippen LogP contribution is 2.18. The van der Waals surface area contributed by atoms with Crippen molar-refractivity contribution in [3.8, 4) is 5.75 Å². The number of nitrogens with one attached hydrogen (secondary N) is 2.